The van der Waals surface area contributed by atoms with Gasteiger partial charge in [-0.3, -0.25) is 4.79 Å². The zero-order chi connectivity index (χ0) is 12.4. The van der Waals surface area contributed by atoms with Crippen LogP contribution < -0.4 is 4.74 Å². The van der Waals surface area contributed by atoms with Gasteiger partial charge in [-0.25, -0.2) is 0 Å². The van der Waals surface area contributed by atoms with E-state index in [0.717, 1.165) is 0 Å². The molecule has 88 valence electrons. The Hall–Kier alpha value is -1.73. The molecule has 1 atom stereocenters. The monoisotopic (exact) mass is 250 g/mol. The molecule has 1 fully saturated rings. The number of halogens is 1. The molecule has 1 aromatic rings. The van der Waals surface area contributed by atoms with Crippen molar-refractivity contribution >= 4 is 17.5 Å². The van der Waals surface area contributed by atoms with E-state index in [9.17, 15) is 4.79 Å². The van der Waals surface area contributed by atoms with Crippen molar-refractivity contribution in [3.63, 3.8) is 0 Å². The minimum Gasteiger partial charge on any atom is -0.479 e. The number of benzene rings is 1. The average Bonchev–Trinajstić information content (AvgIpc) is 2.63. The number of carbonyl (C=O) groups is 1. The second-order valence-electron chi connectivity index (χ2n) is 3.91. The molecule has 5 heteroatoms. The highest BCUT2D eigenvalue weighted by atomic mass is 35.5. The fourth-order valence-electron chi connectivity index (χ4n) is 1.72. The van der Waals surface area contributed by atoms with E-state index in [2.05, 4.69) is 0 Å². The van der Waals surface area contributed by atoms with E-state index in [0.29, 0.717) is 29.3 Å². The highest BCUT2D eigenvalue weighted by Gasteiger charge is 2.31. The van der Waals surface area contributed by atoms with Crippen molar-refractivity contribution in [2.24, 2.45) is 0 Å². The van der Waals surface area contributed by atoms with E-state index in [-0.39, 0.29) is 5.91 Å². The molecule has 4 nitrogen and oxygen atoms in total. The number of carbonyl (C=O) groups excluding carboxylic acids is 1. The summed E-state index contributed by atoms with van der Waals surface area (Å²) in [7, 11) is 1.74. The van der Waals surface area contributed by atoms with Gasteiger partial charge in [0.05, 0.1) is 16.7 Å². The van der Waals surface area contributed by atoms with Crippen molar-refractivity contribution < 1.29 is 9.53 Å². The number of rotatable bonds is 2. The van der Waals surface area contributed by atoms with Crippen molar-refractivity contribution in [1.82, 2.24) is 4.90 Å². The lowest BCUT2D eigenvalue weighted by atomic mass is 10.2. The molecule has 2 rings (SSSR count). The molecule has 1 saturated heterocycles. The summed E-state index contributed by atoms with van der Waals surface area (Å²) in [4.78, 5) is 13.3. The Labute approximate surface area is 104 Å². The van der Waals surface area contributed by atoms with Crippen molar-refractivity contribution in [3.8, 4) is 11.8 Å². The van der Waals surface area contributed by atoms with Crippen LogP contribution in [0.5, 0.6) is 5.75 Å². The number of ether oxygens (including phenoxy) is 1. The van der Waals surface area contributed by atoms with E-state index in [4.69, 9.17) is 21.6 Å². The fourth-order valence-corrected chi connectivity index (χ4v) is 1.94. The standard InChI is InChI=1S/C12H11ClN2O2/c1-15-5-4-11(12(15)16)17-10-3-2-8(7-14)6-9(10)13/h2-3,6,11H,4-5H2,1H3. The maximum atomic E-state index is 11.6. The fraction of sp³-hybridized carbons (Fsp3) is 0.333. The molecule has 0 aromatic heterocycles. The Balaban J connectivity index is 2.15. The minimum absolute atomic E-state index is 0.0366. The molecule has 1 aromatic carbocycles. The number of hydrogen-bond donors (Lipinski definition) is 0. The molecule has 0 saturated carbocycles. The Morgan fingerprint density at radius 2 is 2.35 bits per heavy atom. The summed E-state index contributed by atoms with van der Waals surface area (Å²) < 4.78 is 5.56. The smallest absolute Gasteiger partial charge is 0.263 e. The molecule has 1 unspecified atom stereocenters. The zero-order valence-corrected chi connectivity index (χ0v) is 10.1. The Morgan fingerprint density at radius 1 is 1.59 bits per heavy atom. The number of nitrogens with zero attached hydrogens (tertiary/aromatic N) is 2. The van der Waals surface area contributed by atoms with Gasteiger partial charge in [-0.1, -0.05) is 11.6 Å². The predicted molar refractivity (Wildman–Crippen MR) is 62.8 cm³/mol. The van der Waals surface area contributed by atoms with Crippen LogP contribution in [0.1, 0.15) is 12.0 Å². The van der Waals surface area contributed by atoms with Crippen LogP contribution in [0.15, 0.2) is 18.2 Å². The first-order valence-electron chi connectivity index (χ1n) is 5.23. The molecular weight excluding hydrogens is 240 g/mol. The van der Waals surface area contributed by atoms with Gasteiger partial charge >= 0.3 is 0 Å². The topological polar surface area (TPSA) is 53.3 Å². The van der Waals surface area contributed by atoms with Gasteiger partial charge in [0.25, 0.3) is 5.91 Å². The average molecular weight is 251 g/mol. The third-order valence-corrected chi connectivity index (χ3v) is 3.00. The lowest BCUT2D eigenvalue weighted by molar-refractivity contribution is -0.132. The first kappa shape index (κ1) is 11.7. The van der Waals surface area contributed by atoms with Gasteiger partial charge in [0, 0.05) is 20.0 Å². The maximum Gasteiger partial charge on any atom is 0.263 e. The minimum atomic E-state index is -0.467. The molecule has 1 aliphatic rings. The van der Waals surface area contributed by atoms with Crippen molar-refractivity contribution in [1.29, 1.82) is 5.26 Å². The molecule has 0 aliphatic carbocycles. The van der Waals surface area contributed by atoms with Crippen LogP contribution in [0.2, 0.25) is 5.02 Å². The van der Waals surface area contributed by atoms with Gasteiger partial charge in [0.15, 0.2) is 6.10 Å². The number of likely N-dealkylation sites (N-methyl/N-ethyl adjacent to an activating group) is 1. The van der Waals surface area contributed by atoms with Crippen LogP contribution in [0.4, 0.5) is 0 Å². The van der Waals surface area contributed by atoms with Gasteiger partial charge < -0.3 is 9.64 Å². The van der Waals surface area contributed by atoms with Crippen molar-refractivity contribution in [3.05, 3.63) is 28.8 Å². The molecule has 1 heterocycles. The van der Waals surface area contributed by atoms with Gasteiger partial charge in [-0.05, 0) is 18.2 Å². The summed E-state index contributed by atoms with van der Waals surface area (Å²) in [5.74, 6) is 0.407. The van der Waals surface area contributed by atoms with Crippen LogP contribution in [0, 0.1) is 11.3 Å². The van der Waals surface area contributed by atoms with E-state index in [1.807, 2.05) is 6.07 Å². The first-order valence-corrected chi connectivity index (χ1v) is 5.61. The van der Waals surface area contributed by atoms with Crippen LogP contribution >= 0.6 is 11.6 Å². The Kier molecular flexibility index (Phi) is 3.21. The van der Waals surface area contributed by atoms with E-state index in [1.54, 1.807) is 24.1 Å². The Bertz CT molecular complexity index is 496. The number of amides is 1. The quantitative estimate of drug-likeness (QED) is 0.805. The van der Waals surface area contributed by atoms with E-state index >= 15 is 0 Å². The summed E-state index contributed by atoms with van der Waals surface area (Å²) in [5, 5.41) is 9.06. The molecular formula is C12H11ClN2O2. The summed E-state index contributed by atoms with van der Waals surface area (Å²) in [5.41, 5.74) is 0.470. The third kappa shape index (κ3) is 2.34. The van der Waals surface area contributed by atoms with Gasteiger partial charge in [0.1, 0.15) is 5.75 Å². The summed E-state index contributed by atoms with van der Waals surface area (Å²) in [6.07, 6.45) is 0.191. The predicted octanol–water partition coefficient (Wildman–Crippen LogP) is 1.82. The summed E-state index contributed by atoms with van der Waals surface area (Å²) in [6, 6.07) is 6.75. The summed E-state index contributed by atoms with van der Waals surface area (Å²) >= 11 is 5.97. The highest BCUT2D eigenvalue weighted by Crippen LogP contribution is 2.28. The maximum absolute atomic E-state index is 11.6. The third-order valence-electron chi connectivity index (χ3n) is 2.71. The first-order chi connectivity index (χ1) is 8.11. The van der Waals surface area contributed by atoms with Crippen LogP contribution in [-0.4, -0.2) is 30.5 Å². The lowest BCUT2D eigenvalue weighted by Gasteiger charge is -2.13. The molecule has 17 heavy (non-hydrogen) atoms. The van der Waals surface area contributed by atoms with E-state index in [1.165, 1.54) is 6.07 Å². The lowest BCUT2D eigenvalue weighted by Crippen LogP contribution is -2.29. The second-order valence-corrected chi connectivity index (χ2v) is 4.32. The zero-order valence-electron chi connectivity index (χ0n) is 9.31. The molecule has 0 N–H and O–H groups in total. The molecule has 0 radical (unpaired) electrons. The molecule has 0 bridgehead atoms. The van der Waals surface area contributed by atoms with Crippen molar-refractivity contribution in [2.45, 2.75) is 12.5 Å². The largest absolute Gasteiger partial charge is 0.479 e. The van der Waals surface area contributed by atoms with Crippen LogP contribution in [-0.2, 0) is 4.79 Å². The van der Waals surface area contributed by atoms with Crippen molar-refractivity contribution in [2.75, 3.05) is 13.6 Å². The van der Waals surface area contributed by atoms with Gasteiger partial charge in [-0.15, -0.1) is 0 Å². The molecule has 1 aliphatic heterocycles. The Morgan fingerprint density at radius 3 is 2.88 bits per heavy atom. The number of hydrogen-bond acceptors (Lipinski definition) is 3. The van der Waals surface area contributed by atoms with Gasteiger partial charge in [0.2, 0.25) is 0 Å². The van der Waals surface area contributed by atoms with Crippen LogP contribution in [0.25, 0.3) is 0 Å². The molecule has 1 amide bonds. The second kappa shape index (κ2) is 4.64. The number of likely N-dealkylation sites (tertiary alicyclic amines) is 1. The van der Waals surface area contributed by atoms with Crippen LogP contribution in [0.3, 0.4) is 0 Å². The molecule has 0 spiro atoms. The van der Waals surface area contributed by atoms with E-state index < -0.39 is 6.10 Å². The number of nitriles is 1. The SMILES string of the molecule is CN1CCC(Oc2ccc(C#N)cc2Cl)C1=O. The summed E-state index contributed by atoms with van der Waals surface area (Å²) in [6.45, 7) is 0.692. The highest BCUT2D eigenvalue weighted by molar-refractivity contribution is 6.32. The van der Waals surface area contributed by atoms with Gasteiger partial charge in [-0.2, -0.15) is 5.26 Å². The normalized spacial score (nSPS) is 19.2.